The van der Waals surface area contributed by atoms with Crippen LogP contribution in [0, 0.1) is 11.7 Å². The SMILES string of the molecule is O=C(NCCCc1ccccc1)[C@H]1CCCN(c2ccc(-c3ccc(F)cc3)nn2)C1. The van der Waals surface area contributed by atoms with E-state index in [0.717, 1.165) is 43.6 Å². The average Bonchev–Trinajstić information content (AvgIpc) is 2.83. The van der Waals surface area contributed by atoms with Crippen molar-refractivity contribution < 1.29 is 9.18 Å². The number of hydrogen-bond donors (Lipinski definition) is 1. The number of anilines is 1. The van der Waals surface area contributed by atoms with E-state index in [1.807, 2.05) is 30.3 Å². The van der Waals surface area contributed by atoms with Crippen molar-refractivity contribution in [3.05, 3.63) is 78.1 Å². The first-order valence-electron chi connectivity index (χ1n) is 10.9. The molecular formula is C25H27FN4O. The third-order valence-electron chi connectivity index (χ3n) is 5.69. The molecular weight excluding hydrogens is 391 g/mol. The molecule has 1 aromatic heterocycles. The number of benzene rings is 2. The molecule has 160 valence electrons. The highest BCUT2D eigenvalue weighted by atomic mass is 19.1. The Hall–Kier alpha value is -3.28. The van der Waals surface area contributed by atoms with Crippen LogP contribution < -0.4 is 10.2 Å². The Morgan fingerprint density at radius 2 is 1.84 bits per heavy atom. The quantitative estimate of drug-likeness (QED) is 0.583. The first-order valence-corrected chi connectivity index (χ1v) is 10.9. The second kappa shape index (κ2) is 10.2. The van der Waals surface area contributed by atoms with Crippen LogP contribution >= 0.6 is 0 Å². The minimum Gasteiger partial charge on any atom is -0.356 e. The molecule has 1 atom stereocenters. The van der Waals surface area contributed by atoms with Crippen molar-refractivity contribution in [3.8, 4) is 11.3 Å². The Labute approximate surface area is 182 Å². The van der Waals surface area contributed by atoms with Crippen molar-refractivity contribution in [2.75, 3.05) is 24.5 Å². The second-order valence-corrected chi connectivity index (χ2v) is 7.95. The van der Waals surface area contributed by atoms with E-state index in [4.69, 9.17) is 0 Å². The topological polar surface area (TPSA) is 58.1 Å². The molecule has 1 aliphatic rings. The van der Waals surface area contributed by atoms with Gasteiger partial charge >= 0.3 is 0 Å². The van der Waals surface area contributed by atoms with Gasteiger partial charge in [0.1, 0.15) is 5.82 Å². The molecule has 1 aliphatic heterocycles. The Bertz CT molecular complexity index is 977. The van der Waals surface area contributed by atoms with Crippen molar-refractivity contribution >= 4 is 11.7 Å². The molecule has 3 aromatic rings. The van der Waals surface area contributed by atoms with E-state index in [2.05, 4.69) is 32.5 Å². The number of carbonyl (C=O) groups is 1. The summed E-state index contributed by atoms with van der Waals surface area (Å²) >= 11 is 0. The minimum atomic E-state index is -0.272. The number of amides is 1. The van der Waals surface area contributed by atoms with Gasteiger partial charge in [-0.3, -0.25) is 4.79 Å². The van der Waals surface area contributed by atoms with Crippen LogP contribution in [0.3, 0.4) is 0 Å². The molecule has 0 aliphatic carbocycles. The van der Waals surface area contributed by atoms with Crippen molar-refractivity contribution in [1.82, 2.24) is 15.5 Å². The molecule has 0 saturated carbocycles. The molecule has 2 heterocycles. The van der Waals surface area contributed by atoms with Gasteiger partial charge in [-0.25, -0.2) is 4.39 Å². The molecule has 2 aromatic carbocycles. The summed E-state index contributed by atoms with van der Waals surface area (Å²) in [5.41, 5.74) is 2.82. The Balaban J connectivity index is 1.28. The van der Waals surface area contributed by atoms with Crippen molar-refractivity contribution in [2.24, 2.45) is 5.92 Å². The zero-order chi connectivity index (χ0) is 21.5. The highest BCUT2D eigenvalue weighted by Gasteiger charge is 2.26. The molecule has 1 fully saturated rings. The van der Waals surface area contributed by atoms with E-state index in [0.29, 0.717) is 18.8 Å². The number of nitrogens with zero attached hydrogens (tertiary/aromatic N) is 3. The summed E-state index contributed by atoms with van der Waals surface area (Å²) in [5, 5.41) is 11.8. The predicted octanol–water partition coefficient (Wildman–Crippen LogP) is 4.25. The number of aromatic nitrogens is 2. The molecule has 5 nitrogen and oxygen atoms in total. The van der Waals surface area contributed by atoms with Crippen LogP contribution in [0.15, 0.2) is 66.7 Å². The Morgan fingerprint density at radius 1 is 1.03 bits per heavy atom. The van der Waals surface area contributed by atoms with Gasteiger partial charge in [-0.2, -0.15) is 0 Å². The molecule has 1 N–H and O–H groups in total. The van der Waals surface area contributed by atoms with Gasteiger partial charge in [0, 0.05) is 25.2 Å². The van der Waals surface area contributed by atoms with Gasteiger partial charge in [0.2, 0.25) is 5.91 Å². The molecule has 0 unspecified atom stereocenters. The summed E-state index contributed by atoms with van der Waals surface area (Å²) in [5.74, 6) is 0.580. The lowest BCUT2D eigenvalue weighted by Gasteiger charge is -2.32. The Kier molecular flexibility index (Phi) is 6.87. The highest BCUT2D eigenvalue weighted by molar-refractivity contribution is 5.79. The number of carbonyl (C=O) groups excluding carboxylic acids is 1. The molecule has 0 radical (unpaired) electrons. The molecule has 0 spiro atoms. The summed E-state index contributed by atoms with van der Waals surface area (Å²) in [6.07, 6.45) is 3.74. The van der Waals surface area contributed by atoms with Gasteiger partial charge in [-0.05, 0) is 67.6 Å². The fourth-order valence-electron chi connectivity index (χ4n) is 3.96. The van der Waals surface area contributed by atoms with Gasteiger partial charge in [0.05, 0.1) is 11.6 Å². The van der Waals surface area contributed by atoms with E-state index >= 15 is 0 Å². The summed E-state index contributed by atoms with van der Waals surface area (Å²) in [6.45, 7) is 2.20. The zero-order valence-corrected chi connectivity index (χ0v) is 17.5. The monoisotopic (exact) mass is 418 g/mol. The van der Waals surface area contributed by atoms with Crippen LogP contribution in [-0.4, -0.2) is 35.7 Å². The summed E-state index contributed by atoms with van der Waals surface area (Å²) < 4.78 is 13.1. The van der Waals surface area contributed by atoms with Gasteiger partial charge in [-0.1, -0.05) is 30.3 Å². The smallest absolute Gasteiger partial charge is 0.224 e. The zero-order valence-electron chi connectivity index (χ0n) is 17.5. The summed E-state index contributed by atoms with van der Waals surface area (Å²) in [7, 11) is 0. The van der Waals surface area contributed by atoms with E-state index in [1.54, 1.807) is 12.1 Å². The van der Waals surface area contributed by atoms with Gasteiger partial charge < -0.3 is 10.2 Å². The molecule has 6 heteroatoms. The standard InChI is InChI=1S/C25H27FN4O/c26-22-12-10-20(11-13-22)23-14-15-24(29-28-23)30-17-5-9-21(18-30)25(31)27-16-4-8-19-6-2-1-3-7-19/h1-3,6-7,10-15,21H,4-5,8-9,16-18H2,(H,27,31)/t21-/m0/s1. The lowest BCUT2D eigenvalue weighted by Crippen LogP contribution is -2.43. The van der Waals surface area contributed by atoms with E-state index in [1.165, 1.54) is 17.7 Å². The third kappa shape index (κ3) is 5.66. The lowest BCUT2D eigenvalue weighted by atomic mass is 9.97. The van der Waals surface area contributed by atoms with Gasteiger partial charge in [0.25, 0.3) is 0 Å². The fourth-order valence-corrected chi connectivity index (χ4v) is 3.96. The summed E-state index contributed by atoms with van der Waals surface area (Å²) in [6, 6.07) is 20.4. The van der Waals surface area contributed by atoms with Gasteiger partial charge in [-0.15, -0.1) is 10.2 Å². The maximum absolute atomic E-state index is 13.1. The van der Waals surface area contributed by atoms with Crippen molar-refractivity contribution in [3.63, 3.8) is 0 Å². The first-order chi connectivity index (χ1) is 15.2. The van der Waals surface area contributed by atoms with E-state index in [9.17, 15) is 9.18 Å². The van der Waals surface area contributed by atoms with Crippen LogP contribution in [0.5, 0.6) is 0 Å². The van der Waals surface area contributed by atoms with Crippen LogP contribution in [-0.2, 0) is 11.2 Å². The molecule has 0 bridgehead atoms. The van der Waals surface area contributed by atoms with Crippen LogP contribution in [0.2, 0.25) is 0 Å². The number of piperidine rings is 1. The van der Waals surface area contributed by atoms with Crippen molar-refractivity contribution in [2.45, 2.75) is 25.7 Å². The number of rotatable bonds is 7. The molecule has 31 heavy (non-hydrogen) atoms. The maximum atomic E-state index is 13.1. The number of halogens is 1. The number of aryl methyl sites for hydroxylation is 1. The Morgan fingerprint density at radius 3 is 2.58 bits per heavy atom. The molecule has 1 amide bonds. The summed E-state index contributed by atoms with van der Waals surface area (Å²) in [4.78, 5) is 14.8. The van der Waals surface area contributed by atoms with Crippen LogP contribution in [0.25, 0.3) is 11.3 Å². The van der Waals surface area contributed by atoms with Gasteiger partial charge in [0.15, 0.2) is 5.82 Å². The fraction of sp³-hybridized carbons (Fsp3) is 0.320. The molecule has 4 rings (SSSR count). The van der Waals surface area contributed by atoms with E-state index in [-0.39, 0.29) is 17.6 Å². The maximum Gasteiger partial charge on any atom is 0.224 e. The average molecular weight is 419 g/mol. The highest BCUT2D eigenvalue weighted by Crippen LogP contribution is 2.23. The number of hydrogen-bond acceptors (Lipinski definition) is 4. The largest absolute Gasteiger partial charge is 0.356 e. The van der Waals surface area contributed by atoms with Crippen molar-refractivity contribution in [1.29, 1.82) is 0 Å². The van der Waals surface area contributed by atoms with E-state index < -0.39 is 0 Å². The first kappa shape index (κ1) is 21.0. The third-order valence-corrected chi connectivity index (χ3v) is 5.69. The normalized spacial score (nSPS) is 16.2. The second-order valence-electron chi connectivity index (χ2n) is 7.95. The predicted molar refractivity (Wildman–Crippen MR) is 120 cm³/mol. The lowest BCUT2D eigenvalue weighted by molar-refractivity contribution is -0.125. The van der Waals surface area contributed by atoms with Crippen LogP contribution in [0.4, 0.5) is 10.2 Å². The minimum absolute atomic E-state index is 0.0379. The molecule has 1 saturated heterocycles. The van der Waals surface area contributed by atoms with Crippen LogP contribution in [0.1, 0.15) is 24.8 Å². The number of nitrogens with one attached hydrogen (secondary N) is 1.